The van der Waals surface area contributed by atoms with Crippen LogP contribution in [0.25, 0.3) is 11.4 Å². The number of benzene rings is 1. The molecule has 6 nitrogen and oxygen atoms in total. The second kappa shape index (κ2) is 5.15. The van der Waals surface area contributed by atoms with E-state index in [0.717, 1.165) is 0 Å². The highest BCUT2D eigenvalue weighted by molar-refractivity contribution is 9.10. The van der Waals surface area contributed by atoms with Crippen molar-refractivity contribution in [2.45, 2.75) is 31.5 Å². The number of rotatable bonds is 2. The minimum Gasteiger partial charge on any atom is -0.291 e. The minimum absolute atomic E-state index is 0.251. The monoisotopic (exact) mass is 376 g/mol. The lowest BCUT2D eigenvalue weighted by atomic mass is 10.1. The van der Waals surface area contributed by atoms with Gasteiger partial charge in [-0.05, 0) is 54.9 Å². The smallest absolute Gasteiger partial charge is 0.273 e. The number of nitrogens with zero attached hydrogens (tertiary/aromatic N) is 3. The molecule has 1 aromatic carbocycles. The summed E-state index contributed by atoms with van der Waals surface area (Å²) in [5, 5.41) is 12.4. The van der Waals surface area contributed by atoms with Gasteiger partial charge in [0.25, 0.3) is 15.2 Å². The van der Waals surface area contributed by atoms with Crippen molar-refractivity contribution >= 4 is 26.0 Å². The van der Waals surface area contributed by atoms with E-state index in [1.807, 2.05) is 0 Å². The zero-order valence-corrected chi connectivity index (χ0v) is 14.0. The molecule has 2 N–H and O–H groups in total. The molecular formula is C12H14BrFN4O2S. The summed E-state index contributed by atoms with van der Waals surface area (Å²) in [4.78, 5) is 0. The molecule has 2 aromatic rings. The molecule has 0 bridgehead atoms. The maximum atomic E-state index is 13.3. The predicted octanol–water partition coefficient (Wildman–Crippen LogP) is 2.25. The maximum Gasteiger partial charge on any atom is 0.273 e. The number of halogens is 2. The Morgan fingerprint density at radius 3 is 2.38 bits per heavy atom. The van der Waals surface area contributed by atoms with Crippen LogP contribution in [0, 0.1) is 5.82 Å². The summed E-state index contributed by atoms with van der Waals surface area (Å²) in [7, 11) is -4.02. The standard InChI is InChI=1S/C12H14BrFN4O2S/c1-12(2,3)18-10(16-17-11(18)21(15,19)20)7-4-5-9(14)8(13)6-7/h4-6H,1-3H3,(H2,15,19,20). The van der Waals surface area contributed by atoms with E-state index in [0.29, 0.717) is 11.4 Å². The van der Waals surface area contributed by atoms with Crippen LogP contribution < -0.4 is 5.14 Å². The van der Waals surface area contributed by atoms with Crippen molar-refractivity contribution in [3.63, 3.8) is 0 Å². The molecule has 0 spiro atoms. The van der Waals surface area contributed by atoms with Gasteiger partial charge in [-0.1, -0.05) is 0 Å². The van der Waals surface area contributed by atoms with Crippen LogP contribution in [0.15, 0.2) is 27.8 Å². The molecule has 0 saturated carbocycles. The molecule has 0 radical (unpaired) electrons. The van der Waals surface area contributed by atoms with Gasteiger partial charge in [-0.2, -0.15) is 0 Å². The van der Waals surface area contributed by atoms with Crippen LogP contribution in [0.1, 0.15) is 20.8 Å². The maximum absolute atomic E-state index is 13.3. The minimum atomic E-state index is -4.02. The molecule has 0 fully saturated rings. The molecule has 0 atom stereocenters. The van der Waals surface area contributed by atoms with Crippen molar-refractivity contribution in [1.82, 2.24) is 14.8 Å². The Labute approximate surface area is 130 Å². The van der Waals surface area contributed by atoms with Crippen LogP contribution in [0.4, 0.5) is 4.39 Å². The topological polar surface area (TPSA) is 90.9 Å². The van der Waals surface area contributed by atoms with Crippen molar-refractivity contribution < 1.29 is 12.8 Å². The van der Waals surface area contributed by atoms with Crippen molar-refractivity contribution in [2.75, 3.05) is 0 Å². The van der Waals surface area contributed by atoms with Gasteiger partial charge in [0.15, 0.2) is 5.82 Å². The summed E-state index contributed by atoms with van der Waals surface area (Å²) < 4.78 is 38.3. The molecule has 21 heavy (non-hydrogen) atoms. The molecule has 9 heteroatoms. The zero-order valence-electron chi connectivity index (χ0n) is 11.6. The average Bonchev–Trinajstić information content (AvgIpc) is 2.76. The van der Waals surface area contributed by atoms with Crippen molar-refractivity contribution in [3.8, 4) is 11.4 Å². The van der Waals surface area contributed by atoms with Crippen LogP contribution in [0.5, 0.6) is 0 Å². The van der Waals surface area contributed by atoms with Crippen LogP contribution >= 0.6 is 15.9 Å². The highest BCUT2D eigenvalue weighted by Crippen LogP contribution is 2.29. The molecular weight excluding hydrogens is 363 g/mol. The molecule has 1 heterocycles. The Morgan fingerprint density at radius 2 is 1.90 bits per heavy atom. The molecule has 1 aromatic heterocycles. The number of primary sulfonamides is 1. The summed E-state index contributed by atoms with van der Waals surface area (Å²) in [5.41, 5.74) is -0.0952. The number of nitrogens with two attached hydrogens (primary N) is 1. The first-order valence-corrected chi connectivity index (χ1v) is 8.30. The largest absolute Gasteiger partial charge is 0.291 e. The van der Waals surface area contributed by atoms with E-state index < -0.39 is 21.4 Å². The summed E-state index contributed by atoms with van der Waals surface area (Å²) in [6.45, 7) is 5.40. The van der Waals surface area contributed by atoms with E-state index in [-0.39, 0.29) is 9.63 Å². The third-order valence-corrected chi connectivity index (χ3v) is 4.12. The van der Waals surface area contributed by atoms with E-state index in [4.69, 9.17) is 5.14 Å². The Bertz CT molecular complexity index is 796. The van der Waals surface area contributed by atoms with E-state index in [1.165, 1.54) is 22.8 Å². The number of aromatic nitrogens is 3. The van der Waals surface area contributed by atoms with Gasteiger partial charge in [-0.25, -0.2) is 17.9 Å². The molecule has 0 amide bonds. The van der Waals surface area contributed by atoms with Crippen LogP contribution in [-0.2, 0) is 15.6 Å². The fraction of sp³-hybridized carbons (Fsp3) is 0.333. The van der Waals surface area contributed by atoms with Gasteiger partial charge in [0.1, 0.15) is 5.82 Å². The number of sulfonamides is 1. The van der Waals surface area contributed by atoms with E-state index >= 15 is 0 Å². The predicted molar refractivity (Wildman–Crippen MR) is 79.5 cm³/mol. The molecule has 0 unspecified atom stereocenters. The van der Waals surface area contributed by atoms with Crippen LogP contribution in [0.2, 0.25) is 0 Å². The van der Waals surface area contributed by atoms with Crippen LogP contribution in [0.3, 0.4) is 0 Å². The third-order valence-electron chi connectivity index (χ3n) is 2.74. The number of hydrogen-bond donors (Lipinski definition) is 1. The lowest BCUT2D eigenvalue weighted by molar-refractivity contribution is 0.366. The Balaban J connectivity index is 2.76. The lowest BCUT2D eigenvalue weighted by Crippen LogP contribution is -2.29. The molecule has 114 valence electrons. The SMILES string of the molecule is CC(C)(C)n1c(-c2ccc(F)c(Br)c2)nnc1S(N)(=O)=O. The normalized spacial score (nSPS) is 12.7. The van der Waals surface area contributed by atoms with Gasteiger partial charge in [0.2, 0.25) is 0 Å². The first-order valence-electron chi connectivity index (χ1n) is 5.96. The van der Waals surface area contributed by atoms with E-state index in [2.05, 4.69) is 26.1 Å². The van der Waals surface area contributed by atoms with E-state index in [1.54, 1.807) is 20.8 Å². The van der Waals surface area contributed by atoms with Crippen LogP contribution in [-0.4, -0.2) is 23.2 Å². The number of hydrogen-bond acceptors (Lipinski definition) is 4. The van der Waals surface area contributed by atoms with Gasteiger partial charge < -0.3 is 0 Å². The van der Waals surface area contributed by atoms with Gasteiger partial charge in [-0.3, -0.25) is 4.57 Å². The first kappa shape index (κ1) is 16.1. The fourth-order valence-electron chi connectivity index (χ4n) is 1.88. The third kappa shape index (κ3) is 3.14. The molecule has 0 aliphatic carbocycles. The second-order valence-corrected chi connectivity index (χ2v) is 7.80. The van der Waals surface area contributed by atoms with Gasteiger partial charge in [0.05, 0.1) is 4.47 Å². The molecule has 0 aliphatic heterocycles. The highest BCUT2D eigenvalue weighted by atomic mass is 79.9. The Morgan fingerprint density at radius 1 is 1.29 bits per heavy atom. The second-order valence-electron chi connectivity index (χ2n) is 5.49. The summed E-state index contributed by atoms with van der Waals surface area (Å²) in [6, 6.07) is 4.27. The average molecular weight is 377 g/mol. The van der Waals surface area contributed by atoms with Crippen molar-refractivity contribution in [2.24, 2.45) is 5.14 Å². The quantitative estimate of drug-likeness (QED) is 0.869. The van der Waals surface area contributed by atoms with Crippen molar-refractivity contribution in [1.29, 1.82) is 0 Å². The molecule has 2 rings (SSSR count). The van der Waals surface area contributed by atoms with Gasteiger partial charge in [0, 0.05) is 11.1 Å². The summed E-state index contributed by atoms with van der Waals surface area (Å²) in [6.07, 6.45) is 0. The Hall–Kier alpha value is -1.32. The fourth-order valence-corrected chi connectivity index (χ4v) is 3.03. The Kier molecular flexibility index (Phi) is 3.94. The molecule has 0 aliphatic rings. The zero-order chi connectivity index (χ0) is 16.0. The van der Waals surface area contributed by atoms with Gasteiger partial charge >= 0.3 is 0 Å². The first-order chi connectivity index (χ1) is 9.51. The van der Waals surface area contributed by atoms with Crippen molar-refractivity contribution in [3.05, 3.63) is 28.5 Å². The summed E-state index contributed by atoms with van der Waals surface area (Å²) >= 11 is 3.09. The van der Waals surface area contributed by atoms with Gasteiger partial charge in [-0.15, -0.1) is 10.2 Å². The summed E-state index contributed by atoms with van der Waals surface area (Å²) in [5.74, 6) is -0.125. The van der Waals surface area contributed by atoms with E-state index in [9.17, 15) is 12.8 Å². The lowest BCUT2D eigenvalue weighted by Gasteiger charge is -2.24. The molecule has 0 saturated heterocycles. The highest BCUT2D eigenvalue weighted by Gasteiger charge is 2.29.